The van der Waals surface area contributed by atoms with E-state index in [1.807, 2.05) is 13.0 Å². The number of aliphatic hydroxyl groups is 4. The van der Waals surface area contributed by atoms with Crippen molar-refractivity contribution in [2.24, 2.45) is 0 Å². The smallest absolute Gasteiger partial charge is 0.341 e. The van der Waals surface area contributed by atoms with Crippen molar-refractivity contribution < 1.29 is 44.5 Å². The molecule has 0 bridgehead atoms. The fourth-order valence-electron chi connectivity index (χ4n) is 3.16. The van der Waals surface area contributed by atoms with Crippen molar-refractivity contribution in [2.45, 2.75) is 37.6 Å². The number of ether oxygens (including phenoxy) is 3. The first-order valence-corrected chi connectivity index (χ1v) is 9.33. The number of rotatable bonds is 7. The quantitative estimate of drug-likeness (QED) is 0.427. The van der Waals surface area contributed by atoms with Crippen LogP contribution in [0.25, 0.3) is 11.1 Å². The van der Waals surface area contributed by atoms with Gasteiger partial charge in [0.2, 0.25) is 6.29 Å². The molecule has 2 aromatic carbocycles. The van der Waals surface area contributed by atoms with Gasteiger partial charge >= 0.3 is 5.97 Å². The Morgan fingerprint density at radius 2 is 1.83 bits per heavy atom. The van der Waals surface area contributed by atoms with E-state index < -0.39 is 49.9 Å². The van der Waals surface area contributed by atoms with E-state index in [0.717, 1.165) is 5.56 Å². The van der Waals surface area contributed by atoms with Crippen molar-refractivity contribution in [3.05, 3.63) is 48.0 Å². The highest BCUT2D eigenvalue weighted by atomic mass is 16.7. The molecule has 3 rings (SSSR count). The first kappa shape index (κ1) is 22.0. The van der Waals surface area contributed by atoms with Gasteiger partial charge in [-0.1, -0.05) is 23.8 Å². The second kappa shape index (κ2) is 9.41. The molecule has 9 heteroatoms. The molecule has 1 fully saturated rings. The Hall–Kier alpha value is -2.69. The Morgan fingerprint density at radius 1 is 1.07 bits per heavy atom. The summed E-state index contributed by atoms with van der Waals surface area (Å²) in [6.45, 7) is 0.839. The zero-order valence-corrected chi connectivity index (χ0v) is 16.2. The molecule has 5 N–H and O–H groups in total. The third kappa shape index (κ3) is 4.89. The Balaban J connectivity index is 1.89. The maximum absolute atomic E-state index is 10.7. The standard InChI is InChI=1S/C21H24O9/c1-11-5-6-15(29-21-20(27)19(26)18(25)16(9-22)30-21)14(7-11)12-3-2-4-13(8-12)28-10-17(23)24/h2-8,16,18-22,25-27H,9-10H2,1H3,(H,23,24)/t16-,18-,19+,20+,21-/m1/s1. The number of carboxylic acid groups (broad SMARTS) is 1. The van der Waals surface area contributed by atoms with Crippen LogP contribution in [0, 0.1) is 6.92 Å². The molecule has 0 aliphatic carbocycles. The van der Waals surface area contributed by atoms with Crippen LogP contribution in [0.1, 0.15) is 5.56 Å². The number of aryl methyl sites for hydroxylation is 1. The Bertz CT molecular complexity index is 883. The number of aliphatic hydroxyl groups excluding tert-OH is 4. The molecule has 1 heterocycles. The molecule has 1 saturated heterocycles. The van der Waals surface area contributed by atoms with Gasteiger partial charge in [-0.25, -0.2) is 4.79 Å². The number of hydrogen-bond acceptors (Lipinski definition) is 8. The predicted octanol–water partition coefficient (Wildman–Crippen LogP) is 0.304. The van der Waals surface area contributed by atoms with E-state index in [1.165, 1.54) is 0 Å². The molecule has 1 aliphatic heterocycles. The highest BCUT2D eigenvalue weighted by molar-refractivity contribution is 5.73. The molecule has 1 aliphatic rings. The van der Waals surface area contributed by atoms with E-state index in [9.17, 15) is 25.2 Å². The summed E-state index contributed by atoms with van der Waals surface area (Å²) in [4.78, 5) is 10.7. The molecule has 9 nitrogen and oxygen atoms in total. The first-order chi connectivity index (χ1) is 14.3. The van der Waals surface area contributed by atoms with Crippen molar-refractivity contribution in [1.82, 2.24) is 0 Å². The van der Waals surface area contributed by atoms with E-state index in [2.05, 4.69) is 0 Å². The lowest BCUT2D eigenvalue weighted by atomic mass is 9.99. The minimum absolute atomic E-state index is 0.320. The lowest BCUT2D eigenvalue weighted by molar-refractivity contribution is -0.277. The second-order valence-electron chi connectivity index (χ2n) is 7.02. The number of hydrogen-bond donors (Lipinski definition) is 5. The minimum atomic E-state index is -1.55. The summed E-state index contributed by atoms with van der Waals surface area (Å²) >= 11 is 0. The van der Waals surface area contributed by atoms with Gasteiger partial charge in [0.15, 0.2) is 6.61 Å². The molecule has 0 aromatic heterocycles. The maximum Gasteiger partial charge on any atom is 0.341 e. The van der Waals surface area contributed by atoms with Gasteiger partial charge in [0.05, 0.1) is 6.61 Å². The molecular formula is C21H24O9. The van der Waals surface area contributed by atoms with E-state index in [1.54, 1.807) is 36.4 Å². The third-order valence-electron chi connectivity index (χ3n) is 4.73. The van der Waals surface area contributed by atoms with E-state index in [-0.39, 0.29) is 0 Å². The Kier molecular flexibility index (Phi) is 6.91. The van der Waals surface area contributed by atoms with Crippen LogP contribution in [0.4, 0.5) is 0 Å². The molecule has 5 atom stereocenters. The van der Waals surface area contributed by atoms with E-state index in [4.69, 9.17) is 19.3 Å². The summed E-state index contributed by atoms with van der Waals surface area (Å²) in [5.74, 6) is -0.418. The van der Waals surface area contributed by atoms with Crippen LogP contribution >= 0.6 is 0 Å². The van der Waals surface area contributed by atoms with Crippen LogP contribution in [-0.4, -0.2) is 75.4 Å². The monoisotopic (exact) mass is 420 g/mol. The Morgan fingerprint density at radius 3 is 2.53 bits per heavy atom. The van der Waals surface area contributed by atoms with Crippen LogP contribution in [0.15, 0.2) is 42.5 Å². The maximum atomic E-state index is 10.7. The van der Waals surface area contributed by atoms with Crippen molar-refractivity contribution in [2.75, 3.05) is 13.2 Å². The minimum Gasteiger partial charge on any atom is -0.482 e. The molecule has 2 aromatic rings. The van der Waals surface area contributed by atoms with Crippen LogP contribution in [-0.2, 0) is 9.53 Å². The average Bonchev–Trinajstić information content (AvgIpc) is 2.74. The molecule has 0 saturated carbocycles. The van der Waals surface area contributed by atoms with Gasteiger partial charge in [0, 0.05) is 5.56 Å². The summed E-state index contributed by atoms with van der Waals surface area (Å²) in [5, 5.41) is 48.3. The fourth-order valence-corrected chi connectivity index (χ4v) is 3.16. The van der Waals surface area contributed by atoms with Crippen molar-refractivity contribution in [3.8, 4) is 22.6 Å². The first-order valence-electron chi connectivity index (χ1n) is 9.33. The van der Waals surface area contributed by atoms with Gasteiger partial charge < -0.3 is 39.7 Å². The number of aliphatic carboxylic acids is 1. The lowest BCUT2D eigenvalue weighted by Gasteiger charge is -2.39. The van der Waals surface area contributed by atoms with Crippen LogP contribution in [0.3, 0.4) is 0 Å². The van der Waals surface area contributed by atoms with Gasteiger partial charge in [0.25, 0.3) is 0 Å². The van der Waals surface area contributed by atoms with Gasteiger partial charge in [-0.05, 0) is 36.8 Å². The molecule has 30 heavy (non-hydrogen) atoms. The summed E-state index contributed by atoms with van der Waals surface area (Å²) in [7, 11) is 0. The zero-order chi connectivity index (χ0) is 21.8. The van der Waals surface area contributed by atoms with Crippen molar-refractivity contribution in [1.29, 1.82) is 0 Å². The van der Waals surface area contributed by atoms with Crippen molar-refractivity contribution >= 4 is 5.97 Å². The lowest BCUT2D eigenvalue weighted by Crippen LogP contribution is -2.60. The molecular weight excluding hydrogens is 396 g/mol. The summed E-state index contributed by atoms with van der Waals surface area (Å²) in [6, 6.07) is 12.0. The van der Waals surface area contributed by atoms with Crippen LogP contribution < -0.4 is 9.47 Å². The molecule has 0 amide bonds. The third-order valence-corrected chi connectivity index (χ3v) is 4.73. The largest absolute Gasteiger partial charge is 0.482 e. The summed E-state index contributed by atoms with van der Waals surface area (Å²) in [5.41, 5.74) is 2.21. The van der Waals surface area contributed by atoms with Crippen molar-refractivity contribution in [3.63, 3.8) is 0 Å². The highest BCUT2D eigenvalue weighted by Gasteiger charge is 2.44. The van der Waals surface area contributed by atoms with Crippen LogP contribution in [0.5, 0.6) is 11.5 Å². The highest BCUT2D eigenvalue weighted by Crippen LogP contribution is 2.35. The topological polar surface area (TPSA) is 146 Å². The molecule has 0 unspecified atom stereocenters. The van der Waals surface area contributed by atoms with Gasteiger partial charge in [-0.3, -0.25) is 0 Å². The summed E-state index contributed by atoms with van der Waals surface area (Å²) < 4.78 is 16.5. The van der Waals surface area contributed by atoms with Crippen LogP contribution in [0.2, 0.25) is 0 Å². The van der Waals surface area contributed by atoms with E-state index >= 15 is 0 Å². The molecule has 0 spiro atoms. The normalized spacial score (nSPS) is 26.2. The number of carbonyl (C=O) groups is 1. The molecule has 162 valence electrons. The van der Waals surface area contributed by atoms with Gasteiger partial charge in [-0.2, -0.15) is 0 Å². The molecule has 0 radical (unpaired) electrons. The van der Waals surface area contributed by atoms with E-state index in [0.29, 0.717) is 22.6 Å². The number of benzene rings is 2. The fraction of sp³-hybridized carbons (Fsp3) is 0.381. The SMILES string of the molecule is Cc1ccc(O[C@@H]2O[C@H](CO)[C@@H](O)[C@H](O)[C@@H]2O)c(-c2cccc(OCC(=O)O)c2)c1. The second-order valence-corrected chi connectivity index (χ2v) is 7.02. The zero-order valence-electron chi connectivity index (χ0n) is 16.2. The predicted molar refractivity (Wildman–Crippen MR) is 104 cm³/mol. The van der Waals surface area contributed by atoms with Gasteiger partial charge in [0.1, 0.15) is 35.9 Å². The number of carboxylic acids is 1. The Labute approximate surface area is 172 Å². The summed E-state index contributed by atoms with van der Waals surface area (Å²) in [6.07, 6.45) is -6.99. The van der Waals surface area contributed by atoms with Gasteiger partial charge in [-0.15, -0.1) is 0 Å². The average molecular weight is 420 g/mol.